The average molecular weight is 409 g/mol. The molecule has 7 heteroatoms. The van der Waals surface area contributed by atoms with Crippen LogP contribution in [0.15, 0.2) is 57.9 Å². The van der Waals surface area contributed by atoms with Gasteiger partial charge in [-0.15, -0.1) is 11.8 Å². The third kappa shape index (κ3) is 4.82. The Bertz CT molecular complexity index is 737. The minimum atomic E-state index is -0.429. The van der Waals surface area contributed by atoms with Crippen LogP contribution in [0.25, 0.3) is 0 Å². The number of halogens is 1. The number of rotatable bonds is 6. The van der Waals surface area contributed by atoms with Crippen LogP contribution in [0.5, 0.6) is 0 Å². The van der Waals surface area contributed by atoms with E-state index in [1.165, 1.54) is 23.9 Å². The van der Waals surface area contributed by atoms with E-state index in [-0.39, 0.29) is 17.6 Å². The lowest BCUT2D eigenvalue weighted by molar-refractivity contribution is -0.384. The van der Waals surface area contributed by atoms with Crippen LogP contribution in [0.1, 0.15) is 18.5 Å². The predicted molar refractivity (Wildman–Crippen MR) is 99.1 cm³/mol. The molecular weight excluding hydrogens is 392 g/mol. The molecule has 1 amide bonds. The topological polar surface area (TPSA) is 63.5 Å². The van der Waals surface area contributed by atoms with Crippen molar-refractivity contribution in [3.63, 3.8) is 0 Å². The Balaban J connectivity index is 2.00. The average Bonchev–Trinajstić information content (AvgIpc) is 2.59. The first-order chi connectivity index (χ1) is 11.4. The highest BCUT2D eigenvalue weighted by Gasteiger charge is 2.19. The summed E-state index contributed by atoms with van der Waals surface area (Å²) >= 11 is 4.84. The summed E-state index contributed by atoms with van der Waals surface area (Å²) in [5, 5.41) is 10.9. The van der Waals surface area contributed by atoms with Crippen LogP contribution in [0.3, 0.4) is 0 Å². The maximum Gasteiger partial charge on any atom is 0.269 e. The molecule has 5 nitrogen and oxygen atoms in total. The van der Waals surface area contributed by atoms with Gasteiger partial charge in [0.15, 0.2) is 0 Å². The van der Waals surface area contributed by atoms with Crippen LogP contribution < -0.4 is 0 Å². The monoisotopic (exact) mass is 408 g/mol. The SMILES string of the molecule is C[C@@H](c1cccc([N+](=O)[O-])c1)N(C)C(=O)CSc1ccc(Br)cc1. The van der Waals surface area contributed by atoms with Gasteiger partial charge in [-0.2, -0.15) is 0 Å². The third-order valence-corrected chi connectivity index (χ3v) is 5.24. The van der Waals surface area contributed by atoms with Gasteiger partial charge in [-0.3, -0.25) is 14.9 Å². The molecule has 0 heterocycles. The van der Waals surface area contributed by atoms with Gasteiger partial charge in [-0.1, -0.05) is 28.1 Å². The van der Waals surface area contributed by atoms with Crippen LogP contribution in [-0.2, 0) is 4.79 Å². The van der Waals surface area contributed by atoms with Gasteiger partial charge in [-0.25, -0.2) is 0 Å². The fourth-order valence-corrected chi connectivity index (χ4v) is 3.20. The summed E-state index contributed by atoms with van der Waals surface area (Å²) in [5.74, 6) is 0.291. The Morgan fingerprint density at radius 3 is 2.58 bits per heavy atom. The Morgan fingerprint density at radius 1 is 1.29 bits per heavy atom. The van der Waals surface area contributed by atoms with Crippen molar-refractivity contribution in [2.45, 2.75) is 17.9 Å². The molecule has 0 bridgehead atoms. The van der Waals surface area contributed by atoms with E-state index in [0.717, 1.165) is 14.9 Å². The molecule has 0 saturated carbocycles. The lowest BCUT2D eigenvalue weighted by atomic mass is 10.1. The molecule has 0 aliphatic rings. The zero-order chi connectivity index (χ0) is 17.7. The number of amides is 1. The van der Waals surface area contributed by atoms with Crippen molar-refractivity contribution < 1.29 is 9.72 Å². The number of nitrogens with zero attached hydrogens (tertiary/aromatic N) is 2. The van der Waals surface area contributed by atoms with Crippen molar-refractivity contribution in [1.29, 1.82) is 0 Å². The standard InChI is InChI=1S/C17H17BrN2O3S/c1-12(13-4-3-5-15(10-13)20(22)23)19(2)17(21)11-24-16-8-6-14(18)7-9-16/h3-10,12H,11H2,1-2H3/t12-/m0/s1. The van der Waals surface area contributed by atoms with Crippen LogP contribution in [0.2, 0.25) is 0 Å². The van der Waals surface area contributed by atoms with E-state index in [1.807, 2.05) is 31.2 Å². The molecule has 0 aliphatic carbocycles. The normalized spacial score (nSPS) is 11.8. The molecule has 0 unspecified atom stereocenters. The summed E-state index contributed by atoms with van der Waals surface area (Å²) in [4.78, 5) is 25.5. The van der Waals surface area contributed by atoms with Gasteiger partial charge in [0.1, 0.15) is 0 Å². The van der Waals surface area contributed by atoms with Gasteiger partial charge in [-0.05, 0) is 36.8 Å². The first kappa shape index (κ1) is 18.5. The molecule has 0 spiro atoms. The summed E-state index contributed by atoms with van der Waals surface area (Å²) in [7, 11) is 1.72. The smallest absolute Gasteiger partial charge is 0.269 e. The van der Waals surface area contributed by atoms with Crippen molar-refractivity contribution in [2.75, 3.05) is 12.8 Å². The Morgan fingerprint density at radius 2 is 1.96 bits per heavy atom. The van der Waals surface area contributed by atoms with Gasteiger partial charge >= 0.3 is 0 Å². The van der Waals surface area contributed by atoms with Crippen LogP contribution in [0.4, 0.5) is 5.69 Å². The van der Waals surface area contributed by atoms with E-state index in [4.69, 9.17) is 0 Å². The minimum Gasteiger partial charge on any atom is -0.338 e. The highest BCUT2D eigenvalue weighted by Crippen LogP contribution is 2.25. The van der Waals surface area contributed by atoms with Gasteiger partial charge in [0.2, 0.25) is 5.91 Å². The van der Waals surface area contributed by atoms with E-state index >= 15 is 0 Å². The number of nitro benzene ring substituents is 1. The first-order valence-corrected chi connectivity index (χ1v) is 9.04. The summed E-state index contributed by atoms with van der Waals surface area (Å²) in [5.41, 5.74) is 0.776. The van der Waals surface area contributed by atoms with Crippen LogP contribution in [-0.4, -0.2) is 28.5 Å². The fraction of sp³-hybridized carbons (Fsp3) is 0.235. The first-order valence-electron chi connectivity index (χ1n) is 7.27. The van der Waals surface area contributed by atoms with E-state index in [0.29, 0.717) is 5.75 Å². The molecule has 0 fully saturated rings. The van der Waals surface area contributed by atoms with E-state index in [9.17, 15) is 14.9 Å². The van der Waals surface area contributed by atoms with Crippen molar-refractivity contribution in [3.8, 4) is 0 Å². The minimum absolute atomic E-state index is 0.0260. The number of non-ortho nitro benzene ring substituents is 1. The highest BCUT2D eigenvalue weighted by molar-refractivity contribution is 9.10. The molecule has 126 valence electrons. The Hall–Kier alpha value is -1.86. The second kappa shape index (κ2) is 8.30. The molecule has 1 atom stereocenters. The maximum absolute atomic E-state index is 12.4. The van der Waals surface area contributed by atoms with Gasteiger partial charge in [0.05, 0.1) is 16.7 Å². The lowest BCUT2D eigenvalue weighted by Gasteiger charge is -2.25. The quantitative estimate of drug-likeness (QED) is 0.395. The molecule has 0 saturated heterocycles. The zero-order valence-electron chi connectivity index (χ0n) is 13.3. The van der Waals surface area contributed by atoms with E-state index in [2.05, 4.69) is 15.9 Å². The van der Waals surface area contributed by atoms with E-state index in [1.54, 1.807) is 24.1 Å². The second-order valence-electron chi connectivity index (χ2n) is 5.28. The van der Waals surface area contributed by atoms with Gasteiger partial charge < -0.3 is 4.90 Å². The molecule has 0 aromatic heterocycles. The largest absolute Gasteiger partial charge is 0.338 e. The Kier molecular flexibility index (Phi) is 6.39. The third-order valence-electron chi connectivity index (χ3n) is 3.71. The van der Waals surface area contributed by atoms with Crippen LogP contribution >= 0.6 is 27.7 Å². The molecule has 2 aromatic carbocycles. The Labute approximate surface area is 153 Å². The number of hydrogen-bond acceptors (Lipinski definition) is 4. The number of nitro groups is 1. The number of carbonyl (C=O) groups excluding carboxylic acids is 1. The zero-order valence-corrected chi connectivity index (χ0v) is 15.7. The molecule has 0 radical (unpaired) electrons. The highest BCUT2D eigenvalue weighted by atomic mass is 79.9. The molecular formula is C17H17BrN2O3S. The molecule has 0 N–H and O–H groups in total. The summed E-state index contributed by atoms with van der Waals surface area (Å²) in [6.45, 7) is 1.86. The van der Waals surface area contributed by atoms with Crippen molar-refractivity contribution in [1.82, 2.24) is 4.90 Å². The van der Waals surface area contributed by atoms with Gasteiger partial charge in [0, 0.05) is 28.5 Å². The van der Waals surface area contributed by atoms with Crippen molar-refractivity contribution in [2.24, 2.45) is 0 Å². The summed E-state index contributed by atoms with van der Waals surface area (Å²) < 4.78 is 0.995. The fourth-order valence-electron chi connectivity index (χ4n) is 2.12. The summed E-state index contributed by atoms with van der Waals surface area (Å²) in [6.07, 6.45) is 0. The van der Waals surface area contributed by atoms with E-state index < -0.39 is 4.92 Å². The van der Waals surface area contributed by atoms with Crippen molar-refractivity contribution in [3.05, 3.63) is 68.7 Å². The number of thioether (sulfide) groups is 1. The molecule has 2 rings (SSSR count). The molecule has 24 heavy (non-hydrogen) atoms. The number of carbonyl (C=O) groups is 1. The second-order valence-corrected chi connectivity index (χ2v) is 7.24. The number of hydrogen-bond donors (Lipinski definition) is 0. The van der Waals surface area contributed by atoms with Crippen molar-refractivity contribution >= 4 is 39.3 Å². The van der Waals surface area contributed by atoms with Crippen LogP contribution in [0, 0.1) is 10.1 Å². The summed E-state index contributed by atoms with van der Waals surface area (Å²) in [6, 6.07) is 13.9. The lowest BCUT2D eigenvalue weighted by Crippen LogP contribution is -2.31. The maximum atomic E-state index is 12.4. The molecule has 2 aromatic rings. The predicted octanol–water partition coefficient (Wildman–Crippen LogP) is 4.67. The molecule has 0 aliphatic heterocycles. The van der Waals surface area contributed by atoms with Gasteiger partial charge in [0.25, 0.3) is 5.69 Å². The number of benzene rings is 2.